The van der Waals surface area contributed by atoms with Crippen LogP contribution in [-0.2, 0) is 0 Å². The molecule has 21 heavy (non-hydrogen) atoms. The Kier molecular flexibility index (Phi) is 3.07. The topological polar surface area (TPSA) is 117 Å². The molecule has 3 rings (SSSR count). The number of aromatic nitrogens is 3. The van der Waals surface area contributed by atoms with Crippen LogP contribution in [0.3, 0.4) is 0 Å². The van der Waals surface area contributed by atoms with E-state index < -0.39 is 5.91 Å². The number of hydrogen-bond acceptors (Lipinski definition) is 6. The number of rotatable bonds is 3. The van der Waals surface area contributed by atoms with Gasteiger partial charge in [0.2, 0.25) is 5.88 Å². The number of primary amides is 1. The maximum Gasteiger partial charge on any atom is 0.269 e. The summed E-state index contributed by atoms with van der Waals surface area (Å²) in [7, 11) is 0. The lowest BCUT2D eigenvalue weighted by molar-refractivity contribution is 0.0994. The van der Waals surface area contributed by atoms with Crippen LogP contribution in [0.2, 0.25) is 0 Å². The molecule has 0 bridgehead atoms. The summed E-state index contributed by atoms with van der Waals surface area (Å²) in [6.07, 6.45) is 1.66. The van der Waals surface area contributed by atoms with Crippen molar-refractivity contribution in [3.05, 3.63) is 48.3 Å². The zero-order valence-corrected chi connectivity index (χ0v) is 10.9. The predicted octanol–water partition coefficient (Wildman–Crippen LogP) is 1.50. The largest absolute Gasteiger partial charge is 0.437 e. The van der Waals surface area contributed by atoms with E-state index >= 15 is 0 Å². The molecular formula is C14H11N5O2. The molecule has 1 aromatic carbocycles. The van der Waals surface area contributed by atoms with E-state index in [1.807, 2.05) is 6.07 Å². The quantitative estimate of drug-likeness (QED) is 0.702. The minimum Gasteiger partial charge on any atom is -0.437 e. The first-order valence-corrected chi connectivity index (χ1v) is 6.10. The highest BCUT2D eigenvalue weighted by molar-refractivity contribution is 5.94. The summed E-state index contributed by atoms with van der Waals surface area (Å²) in [5.74, 6) is 0.152. The number of nitrogens with zero attached hydrogens (tertiary/aromatic N) is 3. The van der Waals surface area contributed by atoms with Gasteiger partial charge in [0.15, 0.2) is 5.69 Å². The zero-order valence-electron chi connectivity index (χ0n) is 10.9. The molecule has 3 aromatic rings. The van der Waals surface area contributed by atoms with Gasteiger partial charge in [-0.25, -0.2) is 0 Å². The van der Waals surface area contributed by atoms with E-state index in [4.69, 9.17) is 16.2 Å². The summed E-state index contributed by atoms with van der Waals surface area (Å²) < 4.78 is 5.66. The molecular weight excluding hydrogens is 270 g/mol. The molecule has 0 saturated carbocycles. The minimum absolute atomic E-state index is 0.0752. The molecule has 2 aromatic heterocycles. The first-order chi connectivity index (χ1) is 10.1. The third-order valence-electron chi connectivity index (χ3n) is 2.87. The number of fused-ring (bicyclic) bond motifs is 1. The van der Waals surface area contributed by atoms with Crippen molar-refractivity contribution in [2.75, 3.05) is 5.73 Å². The third kappa shape index (κ3) is 2.44. The molecule has 0 aliphatic heterocycles. The Hall–Kier alpha value is -3.22. The fraction of sp³-hybridized carbons (Fsp3) is 0. The number of nitrogens with two attached hydrogens (primary N) is 2. The van der Waals surface area contributed by atoms with E-state index in [2.05, 4.69) is 15.2 Å². The van der Waals surface area contributed by atoms with Crippen molar-refractivity contribution in [3.63, 3.8) is 0 Å². The summed E-state index contributed by atoms with van der Waals surface area (Å²) >= 11 is 0. The maximum atomic E-state index is 10.9. The number of nitrogen functional groups attached to an aromatic ring is 1. The maximum absolute atomic E-state index is 10.9. The summed E-state index contributed by atoms with van der Waals surface area (Å²) in [5.41, 5.74) is 12.3. The second kappa shape index (κ2) is 5.04. The Morgan fingerprint density at radius 1 is 1.10 bits per heavy atom. The predicted molar refractivity (Wildman–Crippen MR) is 76.8 cm³/mol. The van der Waals surface area contributed by atoms with Crippen molar-refractivity contribution in [1.29, 1.82) is 0 Å². The summed E-state index contributed by atoms with van der Waals surface area (Å²) in [6, 6.07) is 10.0. The van der Waals surface area contributed by atoms with Crippen molar-refractivity contribution in [2.24, 2.45) is 5.73 Å². The van der Waals surface area contributed by atoms with E-state index in [1.54, 1.807) is 24.4 Å². The van der Waals surface area contributed by atoms with E-state index in [-0.39, 0.29) is 11.6 Å². The summed E-state index contributed by atoms with van der Waals surface area (Å²) in [4.78, 5) is 15.2. The van der Waals surface area contributed by atoms with Crippen LogP contribution in [0.1, 0.15) is 10.5 Å². The molecule has 7 nitrogen and oxygen atoms in total. The molecule has 2 heterocycles. The smallest absolute Gasteiger partial charge is 0.269 e. The van der Waals surface area contributed by atoms with Gasteiger partial charge in [-0.05, 0) is 30.3 Å². The van der Waals surface area contributed by atoms with Gasteiger partial charge in [-0.2, -0.15) is 0 Å². The Morgan fingerprint density at radius 2 is 1.95 bits per heavy atom. The number of pyridine rings is 1. The second-order valence-corrected chi connectivity index (χ2v) is 4.28. The van der Waals surface area contributed by atoms with Crippen LogP contribution in [0.25, 0.3) is 10.9 Å². The monoisotopic (exact) mass is 281 g/mol. The molecule has 0 spiro atoms. The lowest BCUT2D eigenvalue weighted by atomic mass is 10.2. The first-order valence-electron chi connectivity index (χ1n) is 6.10. The van der Waals surface area contributed by atoms with Crippen molar-refractivity contribution in [3.8, 4) is 11.6 Å². The van der Waals surface area contributed by atoms with Crippen LogP contribution in [0.15, 0.2) is 42.6 Å². The van der Waals surface area contributed by atoms with Gasteiger partial charge >= 0.3 is 0 Å². The van der Waals surface area contributed by atoms with Crippen molar-refractivity contribution < 1.29 is 9.53 Å². The average molecular weight is 281 g/mol. The molecule has 0 unspecified atom stereocenters. The number of carbonyl (C=O) groups is 1. The summed E-state index contributed by atoms with van der Waals surface area (Å²) in [6.45, 7) is 0. The number of benzene rings is 1. The molecule has 0 radical (unpaired) electrons. The van der Waals surface area contributed by atoms with Crippen molar-refractivity contribution >= 4 is 22.5 Å². The van der Waals surface area contributed by atoms with Crippen LogP contribution >= 0.6 is 0 Å². The Balaban J connectivity index is 1.98. The molecule has 0 atom stereocenters. The van der Waals surface area contributed by atoms with Crippen LogP contribution in [0, 0.1) is 0 Å². The van der Waals surface area contributed by atoms with Gasteiger partial charge in [0, 0.05) is 17.6 Å². The van der Waals surface area contributed by atoms with Gasteiger partial charge in [-0.1, -0.05) is 0 Å². The standard InChI is InChI=1S/C14H11N5O2/c15-9-3-5-11(8-2-1-7-17-13(8)9)21-12-6-4-10(14(16)20)18-19-12/h1-7H,15H2,(H2,16,20). The highest BCUT2D eigenvalue weighted by Crippen LogP contribution is 2.30. The third-order valence-corrected chi connectivity index (χ3v) is 2.87. The number of anilines is 1. The number of amides is 1. The summed E-state index contributed by atoms with van der Waals surface area (Å²) in [5, 5.41) is 8.24. The fourth-order valence-electron chi connectivity index (χ4n) is 1.88. The van der Waals surface area contributed by atoms with Gasteiger partial charge in [-0.15, -0.1) is 10.2 Å². The molecule has 0 saturated heterocycles. The van der Waals surface area contributed by atoms with Crippen LogP contribution in [-0.4, -0.2) is 21.1 Å². The Labute approximate surface area is 119 Å². The molecule has 104 valence electrons. The highest BCUT2D eigenvalue weighted by atomic mass is 16.5. The van der Waals surface area contributed by atoms with E-state index in [0.717, 1.165) is 5.39 Å². The van der Waals surface area contributed by atoms with Gasteiger partial charge in [0.25, 0.3) is 5.91 Å². The Bertz CT molecular complexity index is 817. The van der Waals surface area contributed by atoms with Crippen molar-refractivity contribution in [2.45, 2.75) is 0 Å². The van der Waals surface area contributed by atoms with Crippen molar-refractivity contribution in [1.82, 2.24) is 15.2 Å². The number of carbonyl (C=O) groups excluding carboxylic acids is 1. The van der Waals surface area contributed by atoms with Crippen LogP contribution in [0.5, 0.6) is 11.6 Å². The van der Waals surface area contributed by atoms with E-state index in [1.165, 1.54) is 12.1 Å². The Morgan fingerprint density at radius 3 is 2.67 bits per heavy atom. The van der Waals surface area contributed by atoms with Gasteiger partial charge in [0.05, 0.1) is 11.2 Å². The highest BCUT2D eigenvalue weighted by Gasteiger charge is 2.09. The van der Waals surface area contributed by atoms with E-state index in [0.29, 0.717) is 17.0 Å². The lowest BCUT2D eigenvalue weighted by Gasteiger charge is -2.08. The fourth-order valence-corrected chi connectivity index (χ4v) is 1.88. The molecule has 4 N–H and O–H groups in total. The molecule has 0 fully saturated rings. The minimum atomic E-state index is -0.642. The van der Waals surface area contributed by atoms with Gasteiger partial charge in [-0.3, -0.25) is 9.78 Å². The first kappa shape index (κ1) is 12.8. The molecule has 7 heteroatoms. The SMILES string of the molecule is NC(=O)c1ccc(Oc2ccc(N)c3ncccc23)nn1. The van der Waals surface area contributed by atoms with Crippen LogP contribution in [0.4, 0.5) is 5.69 Å². The number of ether oxygens (including phenoxy) is 1. The van der Waals surface area contributed by atoms with Gasteiger partial charge < -0.3 is 16.2 Å². The molecule has 0 aliphatic rings. The average Bonchev–Trinajstić information content (AvgIpc) is 2.51. The zero-order chi connectivity index (χ0) is 14.8. The molecule has 0 aliphatic carbocycles. The molecule has 1 amide bonds. The lowest BCUT2D eigenvalue weighted by Crippen LogP contribution is -2.13. The van der Waals surface area contributed by atoms with Gasteiger partial charge in [0.1, 0.15) is 5.75 Å². The van der Waals surface area contributed by atoms with E-state index in [9.17, 15) is 4.79 Å². The normalized spacial score (nSPS) is 10.5. The second-order valence-electron chi connectivity index (χ2n) is 4.28. The number of hydrogen-bond donors (Lipinski definition) is 2. The van der Waals surface area contributed by atoms with Crippen LogP contribution < -0.4 is 16.2 Å².